The second-order valence-electron chi connectivity index (χ2n) is 3.57. The zero-order valence-corrected chi connectivity index (χ0v) is 9.45. The van der Waals surface area contributed by atoms with Crippen LogP contribution in [0.1, 0.15) is 0 Å². The minimum Gasteiger partial charge on any atom is -0.311 e. The largest absolute Gasteiger partial charge is 0.311 e. The molecule has 1 fully saturated rings. The molecular weight excluding hydrogens is 231 g/mol. The molecule has 1 unspecified atom stereocenters. The first kappa shape index (κ1) is 11.5. The minimum atomic E-state index is -3.69. The van der Waals surface area contributed by atoms with Crippen molar-refractivity contribution in [3.8, 4) is 0 Å². The van der Waals surface area contributed by atoms with E-state index in [0.29, 0.717) is 6.54 Å². The molecule has 1 atom stereocenters. The lowest BCUT2D eigenvalue weighted by atomic mass is 10.4. The van der Waals surface area contributed by atoms with Crippen LogP contribution in [0.25, 0.3) is 0 Å². The number of sulfonamides is 1. The summed E-state index contributed by atoms with van der Waals surface area (Å²) >= 11 is 0. The van der Waals surface area contributed by atoms with Gasteiger partial charge in [0.1, 0.15) is 0 Å². The Kier molecular flexibility index (Phi) is 3.22. The number of nitrogens with one attached hydrogen (secondary N) is 1. The Labute approximate surface area is 94.1 Å². The van der Waals surface area contributed by atoms with Gasteiger partial charge in [-0.1, -0.05) is 18.2 Å². The zero-order chi connectivity index (χ0) is 11.6. The molecule has 6 heteroatoms. The Morgan fingerprint density at radius 2 is 2.00 bits per heavy atom. The molecule has 1 saturated heterocycles. The molecule has 1 aromatic carbocycles. The highest BCUT2D eigenvalue weighted by Gasteiger charge is 2.33. The van der Waals surface area contributed by atoms with Crippen LogP contribution in [0, 0.1) is 0 Å². The van der Waals surface area contributed by atoms with Crippen molar-refractivity contribution in [2.24, 2.45) is 0 Å². The van der Waals surface area contributed by atoms with E-state index >= 15 is 0 Å². The molecule has 1 aliphatic rings. The van der Waals surface area contributed by atoms with Crippen molar-refractivity contribution in [2.75, 3.05) is 19.6 Å². The van der Waals surface area contributed by atoms with Crippen molar-refractivity contribution in [3.63, 3.8) is 0 Å². The number of hydrogen-bond acceptors (Lipinski definition) is 3. The molecule has 0 aliphatic carbocycles. The van der Waals surface area contributed by atoms with Gasteiger partial charge in [-0.15, -0.1) is 0 Å². The van der Waals surface area contributed by atoms with Crippen molar-refractivity contribution in [1.82, 2.24) is 9.62 Å². The SMILES string of the molecule is O=S(=O)(c1ccccc1)N1CCNCC1F. The normalized spacial score (nSPS) is 23.2. The van der Waals surface area contributed by atoms with Gasteiger partial charge in [-0.05, 0) is 12.1 Å². The maximum atomic E-state index is 13.5. The summed E-state index contributed by atoms with van der Waals surface area (Å²) in [5.74, 6) is 0. The minimum absolute atomic E-state index is 0.0477. The molecule has 0 aromatic heterocycles. The van der Waals surface area contributed by atoms with E-state index in [1.165, 1.54) is 12.1 Å². The molecule has 4 nitrogen and oxygen atoms in total. The lowest BCUT2D eigenvalue weighted by molar-refractivity contribution is 0.136. The van der Waals surface area contributed by atoms with E-state index in [9.17, 15) is 12.8 Å². The fraction of sp³-hybridized carbons (Fsp3) is 0.400. The van der Waals surface area contributed by atoms with Crippen LogP contribution >= 0.6 is 0 Å². The maximum Gasteiger partial charge on any atom is 0.245 e. The molecule has 88 valence electrons. The second kappa shape index (κ2) is 4.48. The van der Waals surface area contributed by atoms with E-state index < -0.39 is 16.3 Å². The van der Waals surface area contributed by atoms with Crippen molar-refractivity contribution >= 4 is 10.0 Å². The molecule has 1 heterocycles. The fourth-order valence-corrected chi connectivity index (χ4v) is 3.13. The maximum absolute atomic E-state index is 13.5. The van der Waals surface area contributed by atoms with E-state index in [0.717, 1.165) is 4.31 Å². The summed E-state index contributed by atoms with van der Waals surface area (Å²) in [6.45, 7) is 0.691. The zero-order valence-electron chi connectivity index (χ0n) is 8.64. The molecule has 1 aromatic rings. The van der Waals surface area contributed by atoms with Gasteiger partial charge in [-0.3, -0.25) is 0 Å². The third-order valence-corrected chi connectivity index (χ3v) is 4.38. The Hall–Kier alpha value is -0.980. The van der Waals surface area contributed by atoms with Gasteiger partial charge in [-0.2, -0.15) is 4.31 Å². The summed E-state index contributed by atoms with van der Waals surface area (Å²) in [6.07, 6.45) is -1.49. The Balaban J connectivity index is 2.32. The standard InChI is InChI=1S/C10H13FN2O2S/c11-10-8-12-6-7-13(10)16(14,15)9-4-2-1-3-5-9/h1-5,10,12H,6-8H2. The summed E-state index contributed by atoms with van der Waals surface area (Å²) in [5.41, 5.74) is 0. The molecule has 2 rings (SSSR count). The van der Waals surface area contributed by atoms with Crippen molar-refractivity contribution in [2.45, 2.75) is 11.2 Å². The molecule has 16 heavy (non-hydrogen) atoms. The van der Waals surface area contributed by atoms with Gasteiger partial charge < -0.3 is 5.32 Å². The van der Waals surface area contributed by atoms with E-state index in [1.54, 1.807) is 18.2 Å². The highest BCUT2D eigenvalue weighted by Crippen LogP contribution is 2.19. The number of rotatable bonds is 2. The highest BCUT2D eigenvalue weighted by atomic mass is 32.2. The third-order valence-electron chi connectivity index (χ3n) is 2.48. The average molecular weight is 244 g/mol. The molecule has 0 amide bonds. The van der Waals surface area contributed by atoms with Crippen LogP contribution in [0.2, 0.25) is 0 Å². The van der Waals surface area contributed by atoms with Crippen LogP contribution in [0.5, 0.6) is 0 Å². The van der Waals surface area contributed by atoms with Crippen LogP contribution in [0.4, 0.5) is 4.39 Å². The van der Waals surface area contributed by atoms with Crippen LogP contribution in [0.15, 0.2) is 35.2 Å². The summed E-state index contributed by atoms with van der Waals surface area (Å²) in [4.78, 5) is 0.138. The number of alkyl halides is 1. The van der Waals surface area contributed by atoms with Gasteiger partial charge in [0.05, 0.1) is 4.90 Å². The molecule has 0 spiro atoms. The van der Waals surface area contributed by atoms with Gasteiger partial charge in [0.15, 0.2) is 6.30 Å². The predicted molar refractivity (Wildman–Crippen MR) is 58.1 cm³/mol. The first-order chi connectivity index (χ1) is 7.62. The molecule has 1 N–H and O–H groups in total. The Morgan fingerprint density at radius 1 is 1.31 bits per heavy atom. The molecule has 0 saturated carbocycles. The number of nitrogens with zero attached hydrogens (tertiary/aromatic N) is 1. The van der Waals surface area contributed by atoms with Crippen LogP contribution < -0.4 is 5.32 Å². The first-order valence-electron chi connectivity index (χ1n) is 5.04. The summed E-state index contributed by atoms with van der Waals surface area (Å²) in [5, 5.41) is 2.81. The molecule has 0 radical (unpaired) electrons. The predicted octanol–water partition coefficient (Wildman–Crippen LogP) is 0.576. The molecule has 0 bridgehead atoms. The van der Waals surface area contributed by atoms with Crippen LogP contribution in [-0.4, -0.2) is 38.7 Å². The summed E-state index contributed by atoms with van der Waals surface area (Å²) in [7, 11) is -3.69. The second-order valence-corrected chi connectivity index (χ2v) is 5.46. The quantitative estimate of drug-likeness (QED) is 0.774. The van der Waals surface area contributed by atoms with Crippen LogP contribution in [0.3, 0.4) is 0 Å². The monoisotopic (exact) mass is 244 g/mol. The van der Waals surface area contributed by atoms with Gasteiger partial charge in [-0.25, -0.2) is 12.8 Å². The van der Waals surface area contributed by atoms with Gasteiger partial charge in [0.25, 0.3) is 0 Å². The van der Waals surface area contributed by atoms with Crippen molar-refractivity contribution < 1.29 is 12.8 Å². The Bertz CT molecular complexity index is 449. The lowest BCUT2D eigenvalue weighted by Gasteiger charge is -2.29. The molecule has 1 aliphatic heterocycles. The van der Waals surface area contributed by atoms with Crippen molar-refractivity contribution in [3.05, 3.63) is 30.3 Å². The van der Waals surface area contributed by atoms with E-state index in [4.69, 9.17) is 0 Å². The number of halogens is 1. The van der Waals surface area contributed by atoms with E-state index in [2.05, 4.69) is 5.32 Å². The first-order valence-corrected chi connectivity index (χ1v) is 6.48. The number of hydrogen-bond donors (Lipinski definition) is 1. The average Bonchev–Trinajstić information content (AvgIpc) is 2.30. The number of piperazine rings is 1. The summed E-state index contributed by atoms with van der Waals surface area (Å²) in [6, 6.07) is 7.93. The molecular formula is C10H13FN2O2S. The fourth-order valence-electron chi connectivity index (χ4n) is 1.65. The van der Waals surface area contributed by atoms with Crippen molar-refractivity contribution in [1.29, 1.82) is 0 Å². The van der Waals surface area contributed by atoms with E-state index in [-0.39, 0.29) is 18.0 Å². The van der Waals surface area contributed by atoms with Crippen LogP contribution in [-0.2, 0) is 10.0 Å². The lowest BCUT2D eigenvalue weighted by Crippen LogP contribution is -2.51. The third kappa shape index (κ3) is 2.09. The summed E-state index contributed by atoms with van der Waals surface area (Å²) < 4.78 is 38.5. The Morgan fingerprint density at radius 3 is 2.62 bits per heavy atom. The van der Waals surface area contributed by atoms with Gasteiger partial charge in [0.2, 0.25) is 10.0 Å². The smallest absolute Gasteiger partial charge is 0.245 e. The highest BCUT2D eigenvalue weighted by molar-refractivity contribution is 7.89. The van der Waals surface area contributed by atoms with E-state index in [1.807, 2.05) is 0 Å². The topological polar surface area (TPSA) is 49.4 Å². The number of benzene rings is 1. The van der Waals surface area contributed by atoms with Gasteiger partial charge in [0, 0.05) is 19.6 Å². The van der Waals surface area contributed by atoms with Gasteiger partial charge >= 0.3 is 0 Å².